The number of halogens is 1. The molecule has 1 aliphatic carbocycles. The first kappa shape index (κ1) is 11.5. The zero-order valence-corrected chi connectivity index (χ0v) is 11.2. The Kier molecular flexibility index (Phi) is 2.94. The van der Waals surface area contributed by atoms with Crippen molar-refractivity contribution < 1.29 is 0 Å². The fourth-order valence-electron chi connectivity index (χ4n) is 2.34. The van der Waals surface area contributed by atoms with Crippen molar-refractivity contribution in [3.05, 3.63) is 52.2 Å². The van der Waals surface area contributed by atoms with Gasteiger partial charge in [0.1, 0.15) is 0 Å². The van der Waals surface area contributed by atoms with Crippen molar-refractivity contribution in [1.29, 1.82) is 0 Å². The first-order valence-corrected chi connectivity index (χ1v) is 6.22. The molecule has 2 rings (SSSR count). The molecular formula is C14H16BrN. The number of allylic oxidation sites excluding steroid dienone is 4. The van der Waals surface area contributed by atoms with Crippen LogP contribution in [0.1, 0.15) is 25.8 Å². The normalized spacial score (nSPS) is 19.6. The van der Waals surface area contributed by atoms with E-state index in [1.165, 1.54) is 11.1 Å². The topological polar surface area (TPSA) is 26.0 Å². The summed E-state index contributed by atoms with van der Waals surface area (Å²) in [6.07, 6.45) is 2.93. The van der Waals surface area contributed by atoms with Gasteiger partial charge in [0.05, 0.1) is 0 Å². The molecule has 0 saturated carbocycles. The zero-order valence-electron chi connectivity index (χ0n) is 9.63. The van der Waals surface area contributed by atoms with Crippen LogP contribution in [-0.4, -0.2) is 0 Å². The first-order valence-electron chi connectivity index (χ1n) is 5.42. The van der Waals surface area contributed by atoms with E-state index in [0.29, 0.717) is 0 Å². The van der Waals surface area contributed by atoms with Crippen molar-refractivity contribution in [2.24, 2.45) is 11.1 Å². The Labute approximate surface area is 105 Å². The van der Waals surface area contributed by atoms with Crippen LogP contribution in [0.5, 0.6) is 0 Å². The van der Waals surface area contributed by atoms with Crippen LogP contribution in [0.15, 0.2) is 46.6 Å². The maximum atomic E-state index is 5.94. The van der Waals surface area contributed by atoms with Crippen LogP contribution in [-0.2, 0) is 0 Å². The SMILES string of the molecule is CC1(C)CC(N)=CC(Br)=C1c1ccccc1. The third-order valence-corrected chi connectivity index (χ3v) is 3.56. The van der Waals surface area contributed by atoms with Gasteiger partial charge in [0, 0.05) is 10.2 Å². The van der Waals surface area contributed by atoms with E-state index in [2.05, 4.69) is 54.0 Å². The Bertz CT molecular complexity index is 455. The average molecular weight is 278 g/mol. The maximum absolute atomic E-state index is 5.94. The van der Waals surface area contributed by atoms with Gasteiger partial charge in [-0.1, -0.05) is 60.1 Å². The Hall–Kier alpha value is -1.02. The third-order valence-electron chi connectivity index (χ3n) is 2.94. The third kappa shape index (κ3) is 2.07. The lowest BCUT2D eigenvalue weighted by atomic mass is 9.74. The van der Waals surface area contributed by atoms with Crippen LogP contribution in [0, 0.1) is 5.41 Å². The van der Waals surface area contributed by atoms with E-state index < -0.39 is 0 Å². The standard InChI is InChI=1S/C14H16BrN/c1-14(2)9-11(16)8-12(15)13(14)10-6-4-3-5-7-10/h3-8H,9,16H2,1-2H3. The second kappa shape index (κ2) is 4.10. The van der Waals surface area contributed by atoms with Gasteiger partial charge in [-0.2, -0.15) is 0 Å². The van der Waals surface area contributed by atoms with E-state index in [9.17, 15) is 0 Å². The fourth-order valence-corrected chi connectivity index (χ4v) is 3.40. The number of rotatable bonds is 1. The molecule has 0 amide bonds. The first-order chi connectivity index (χ1) is 7.50. The van der Waals surface area contributed by atoms with Crippen molar-refractivity contribution >= 4 is 21.5 Å². The quantitative estimate of drug-likeness (QED) is 0.823. The summed E-state index contributed by atoms with van der Waals surface area (Å²) in [6.45, 7) is 4.47. The van der Waals surface area contributed by atoms with Gasteiger partial charge < -0.3 is 5.73 Å². The molecule has 2 heteroatoms. The molecule has 1 aromatic carbocycles. The van der Waals surface area contributed by atoms with Gasteiger partial charge >= 0.3 is 0 Å². The molecular weight excluding hydrogens is 262 g/mol. The van der Waals surface area contributed by atoms with E-state index in [0.717, 1.165) is 16.6 Å². The molecule has 0 spiro atoms. The van der Waals surface area contributed by atoms with Crippen molar-refractivity contribution in [3.8, 4) is 0 Å². The Morgan fingerprint density at radius 3 is 2.38 bits per heavy atom. The van der Waals surface area contributed by atoms with E-state index in [1.807, 2.05) is 12.1 Å². The molecule has 0 unspecified atom stereocenters. The Balaban J connectivity index is 2.57. The maximum Gasteiger partial charge on any atom is 0.0235 e. The predicted molar refractivity (Wildman–Crippen MR) is 73.0 cm³/mol. The molecule has 0 heterocycles. The number of benzene rings is 1. The Morgan fingerprint density at radius 2 is 1.81 bits per heavy atom. The van der Waals surface area contributed by atoms with Crippen LogP contribution in [0.3, 0.4) is 0 Å². The molecule has 0 aromatic heterocycles. The molecule has 0 radical (unpaired) electrons. The largest absolute Gasteiger partial charge is 0.402 e. The number of hydrogen-bond acceptors (Lipinski definition) is 1. The monoisotopic (exact) mass is 277 g/mol. The highest BCUT2D eigenvalue weighted by molar-refractivity contribution is 9.12. The zero-order chi connectivity index (χ0) is 11.8. The molecule has 84 valence electrons. The van der Waals surface area contributed by atoms with Crippen molar-refractivity contribution in [3.63, 3.8) is 0 Å². The predicted octanol–water partition coefficient (Wildman–Crippen LogP) is 4.07. The summed E-state index contributed by atoms with van der Waals surface area (Å²) < 4.78 is 1.10. The second-order valence-electron chi connectivity index (χ2n) is 4.87. The second-order valence-corrected chi connectivity index (χ2v) is 5.72. The van der Waals surface area contributed by atoms with Crippen molar-refractivity contribution in [1.82, 2.24) is 0 Å². The minimum Gasteiger partial charge on any atom is -0.402 e. The highest BCUT2D eigenvalue weighted by atomic mass is 79.9. The van der Waals surface area contributed by atoms with Gasteiger partial charge in [-0.25, -0.2) is 0 Å². The molecule has 1 aliphatic rings. The van der Waals surface area contributed by atoms with E-state index in [-0.39, 0.29) is 5.41 Å². The smallest absolute Gasteiger partial charge is 0.0235 e. The summed E-state index contributed by atoms with van der Waals surface area (Å²) in [7, 11) is 0. The van der Waals surface area contributed by atoms with Gasteiger partial charge in [-0.15, -0.1) is 0 Å². The van der Waals surface area contributed by atoms with Gasteiger partial charge in [0.15, 0.2) is 0 Å². The van der Waals surface area contributed by atoms with Crippen molar-refractivity contribution in [2.45, 2.75) is 20.3 Å². The summed E-state index contributed by atoms with van der Waals surface area (Å²) in [5, 5.41) is 0. The highest BCUT2D eigenvalue weighted by Crippen LogP contribution is 2.45. The molecule has 16 heavy (non-hydrogen) atoms. The fraction of sp³-hybridized carbons (Fsp3) is 0.286. The Morgan fingerprint density at radius 1 is 1.19 bits per heavy atom. The van der Waals surface area contributed by atoms with Crippen LogP contribution in [0.25, 0.3) is 5.57 Å². The van der Waals surface area contributed by atoms with Crippen LogP contribution >= 0.6 is 15.9 Å². The molecule has 0 saturated heterocycles. The summed E-state index contributed by atoms with van der Waals surface area (Å²) in [6, 6.07) is 10.5. The lowest BCUT2D eigenvalue weighted by Crippen LogP contribution is -2.21. The minimum absolute atomic E-state index is 0.0824. The van der Waals surface area contributed by atoms with Gasteiger partial charge in [-0.05, 0) is 29.0 Å². The van der Waals surface area contributed by atoms with Crippen LogP contribution < -0.4 is 5.73 Å². The highest BCUT2D eigenvalue weighted by Gasteiger charge is 2.30. The lowest BCUT2D eigenvalue weighted by Gasteiger charge is -2.33. The molecule has 1 aromatic rings. The number of nitrogens with two attached hydrogens (primary N) is 1. The molecule has 0 aliphatic heterocycles. The molecule has 2 N–H and O–H groups in total. The summed E-state index contributed by atoms with van der Waals surface area (Å²) in [5.74, 6) is 0. The lowest BCUT2D eigenvalue weighted by molar-refractivity contribution is 0.488. The molecule has 0 fully saturated rings. The minimum atomic E-state index is 0.0824. The van der Waals surface area contributed by atoms with Crippen LogP contribution in [0.4, 0.5) is 0 Å². The van der Waals surface area contributed by atoms with Gasteiger partial charge in [0.2, 0.25) is 0 Å². The average Bonchev–Trinajstić information content (AvgIpc) is 2.15. The van der Waals surface area contributed by atoms with E-state index in [4.69, 9.17) is 5.73 Å². The van der Waals surface area contributed by atoms with Crippen LogP contribution in [0.2, 0.25) is 0 Å². The van der Waals surface area contributed by atoms with Crippen molar-refractivity contribution in [2.75, 3.05) is 0 Å². The van der Waals surface area contributed by atoms with E-state index >= 15 is 0 Å². The molecule has 1 nitrogen and oxygen atoms in total. The summed E-state index contributed by atoms with van der Waals surface area (Å²) in [4.78, 5) is 0. The van der Waals surface area contributed by atoms with Gasteiger partial charge in [-0.3, -0.25) is 0 Å². The summed E-state index contributed by atoms with van der Waals surface area (Å²) >= 11 is 3.63. The number of hydrogen-bond donors (Lipinski definition) is 1. The summed E-state index contributed by atoms with van der Waals surface area (Å²) in [5.41, 5.74) is 9.56. The van der Waals surface area contributed by atoms with E-state index in [1.54, 1.807) is 0 Å². The van der Waals surface area contributed by atoms with Gasteiger partial charge in [0.25, 0.3) is 0 Å². The molecule has 0 bridgehead atoms. The molecule has 0 atom stereocenters.